The molecule has 1 atom stereocenters. The van der Waals surface area contributed by atoms with Gasteiger partial charge in [-0.1, -0.05) is 0 Å². The first-order chi connectivity index (χ1) is 9.08. The van der Waals surface area contributed by atoms with Crippen molar-refractivity contribution in [3.8, 4) is 0 Å². The first-order valence-electron chi connectivity index (χ1n) is 7.09. The van der Waals surface area contributed by atoms with E-state index in [4.69, 9.17) is 0 Å². The molecule has 0 aliphatic heterocycles. The summed E-state index contributed by atoms with van der Waals surface area (Å²) in [4.78, 5) is 0. The molecule has 0 heterocycles. The van der Waals surface area contributed by atoms with Gasteiger partial charge in [-0.3, -0.25) is 0 Å². The molecule has 0 saturated heterocycles. The van der Waals surface area contributed by atoms with Gasteiger partial charge >= 0.3 is 125 Å². The molecule has 1 unspecified atom stereocenters. The van der Waals surface area contributed by atoms with Gasteiger partial charge in [0.1, 0.15) is 0 Å². The van der Waals surface area contributed by atoms with Crippen molar-refractivity contribution in [3.05, 3.63) is 62.0 Å². The van der Waals surface area contributed by atoms with Crippen LogP contribution >= 0.6 is 0 Å². The maximum atomic E-state index is 2.56. The van der Waals surface area contributed by atoms with Gasteiger partial charge in [0.2, 0.25) is 0 Å². The Morgan fingerprint density at radius 2 is 1.62 bits per heavy atom. The minimum atomic E-state index is -1.52. The molecule has 0 bridgehead atoms. The Morgan fingerprint density at radius 1 is 1.00 bits per heavy atom. The summed E-state index contributed by atoms with van der Waals surface area (Å²) < 4.78 is 5.11. The van der Waals surface area contributed by atoms with Gasteiger partial charge in [0.15, 0.2) is 0 Å². The van der Waals surface area contributed by atoms with E-state index < -0.39 is 21.8 Å². The van der Waals surface area contributed by atoms with E-state index in [9.17, 15) is 0 Å². The van der Waals surface area contributed by atoms with Gasteiger partial charge in [-0.2, -0.15) is 0 Å². The third-order valence-electron chi connectivity index (χ3n) is 4.48. The number of hydrogen-bond acceptors (Lipinski definition) is 0. The summed E-state index contributed by atoms with van der Waals surface area (Å²) in [7, 11) is 0. The number of allylic oxidation sites excluding steroid dienone is 5. The minimum Gasteiger partial charge on any atom is -1.00 e. The van der Waals surface area contributed by atoms with Crippen LogP contribution in [0.25, 0.3) is 6.08 Å². The number of aryl methyl sites for hydroxylation is 2. The van der Waals surface area contributed by atoms with E-state index in [1.807, 2.05) is 0 Å². The molecule has 0 spiro atoms. The Hall–Kier alpha value is -0.0969. The van der Waals surface area contributed by atoms with Crippen LogP contribution in [-0.4, -0.2) is 0 Å². The Labute approximate surface area is 148 Å². The second-order valence-corrected chi connectivity index (χ2v) is 12.3. The van der Waals surface area contributed by atoms with Crippen molar-refractivity contribution in [2.45, 2.75) is 34.9 Å². The number of benzene rings is 1. The SMILES string of the molecule is Cc1cc(C)c2c(c1)C=[C]([Zr+2]([CH3])[CH]1C=CC=C1)C2C.[Cl-].[Cl-]. The topological polar surface area (TPSA) is 0 Å². The minimum absolute atomic E-state index is 0. The van der Waals surface area contributed by atoms with E-state index in [2.05, 4.69) is 67.9 Å². The van der Waals surface area contributed by atoms with E-state index in [1.54, 1.807) is 8.84 Å². The third kappa shape index (κ3) is 3.47. The molecule has 1 aromatic carbocycles. The summed E-state index contributed by atoms with van der Waals surface area (Å²) in [5, 5.41) is 0. The molecular formula is C18H21Cl2Zr. The third-order valence-corrected chi connectivity index (χ3v) is 11.5. The smallest absolute Gasteiger partial charge is 1.00 e. The van der Waals surface area contributed by atoms with Crippen LogP contribution in [0.3, 0.4) is 0 Å². The predicted molar refractivity (Wildman–Crippen MR) is 80.2 cm³/mol. The van der Waals surface area contributed by atoms with Gasteiger partial charge in [-0.05, 0) is 0 Å². The molecule has 0 aromatic heterocycles. The number of hydrogen-bond donors (Lipinski definition) is 0. The molecule has 2 aliphatic rings. The zero-order chi connectivity index (χ0) is 13.6. The molecule has 2 aliphatic carbocycles. The molecule has 0 saturated carbocycles. The Bertz CT molecular complexity index is 602. The molecule has 3 heteroatoms. The van der Waals surface area contributed by atoms with Crippen molar-refractivity contribution in [1.29, 1.82) is 0 Å². The van der Waals surface area contributed by atoms with Gasteiger partial charge in [0.25, 0.3) is 0 Å². The van der Waals surface area contributed by atoms with Crippen LogP contribution in [0.5, 0.6) is 0 Å². The Balaban J connectivity index is 0.00000110. The molecule has 111 valence electrons. The summed E-state index contributed by atoms with van der Waals surface area (Å²) in [5.41, 5.74) is 5.95. The van der Waals surface area contributed by atoms with Gasteiger partial charge in [-0.25, -0.2) is 0 Å². The van der Waals surface area contributed by atoms with Crippen LogP contribution in [0.2, 0.25) is 8.26 Å². The normalized spacial score (nSPS) is 18.9. The maximum absolute atomic E-state index is 2.56. The fourth-order valence-corrected chi connectivity index (χ4v) is 9.43. The van der Waals surface area contributed by atoms with Gasteiger partial charge in [0.05, 0.1) is 0 Å². The number of halogens is 2. The van der Waals surface area contributed by atoms with Crippen molar-refractivity contribution in [3.63, 3.8) is 0 Å². The molecule has 21 heavy (non-hydrogen) atoms. The average Bonchev–Trinajstić information content (AvgIpc) is 2.96. The van der Waals surface area contributed by atoms with Crippen LogP contribution < -0.4 is 24.8 Å². The fraction of sp³-hybridized carbons (Fsp3) is 0.333. The van der Waals surface area contributed by atoms with Crippen LogP contribution in [0.1, 0.15) is 35.1 Å². The van der Waals surface area contributed by atoms with Crippen molar-refractivity contribution in [2.75, 3.05) is 0 Å². The van der Waals surface area contributed by atoms with E-state index in [0.717, 1.165) is 3.63 Å². The summed E-state index contributed by atoms with van der Waals surface area (Å²) in [6.07, 6.45) is 11.8. The number of fused-ring (bicyclic) bond motifs is 1. The molecule has 3 rings (SSSR count). The molecule has 0 radical (unpaired) electrons. The summed E-state index contributed by atoms with van der Waals surface area (Å²) in [6, 6.07) is 4.70. The van der Waals surface area contributed by atoms with E-state index >= 15 is 0 Å². The monoisotopic (exact) mass is 397 g/mol. The molecule has 0 amide bonds. The van der Waals surface area contributed by atoms with Gasteiger partial charge < -0.3 is 24.8 Å². The molecule has 0 fully saturated rings. The maximum Gasteiger partial charge on any atom is -1.00 e. The first kappa shape index (κ1) is 19.0. The quantitative estimate of drug-likeness (QED) is 0.620. The van der Waals surface area contributed by atoms with Crippen LogP contribution in [0.15, 0.2) is 39.7 Å². The van der Waals surface area contributed by atoms with Gasteiger partial charge in [-0.15, -0.1) is 0 Å². The molecule has 1 aromatic rings. The van der Waals surface area contributed by atoms with Crippen molar-refractivity contribution >= 4 is 6.08 Å². The Morgan fingerprint density at radius 3 is 2.24 bits per heavy atom. The number of rotatable bonds is 2. The summed E-state index contributed by atoms with van der Waals surface area (Å²) >= 11 is -1.52. The van der Waals surface area contributed by atoms with E-state index in [-0.39, 0.29) is 24.8 Å². The predicted octanol–water partition coefficient (Wildman–Crippen LogP) is -0.650. The molecule has 0 nitrogen and oxygen atoms in total. The van der Waals surface area contributed by atoms with Crippen LogP contribution in [-0.2, 0) is 21.8 Å². The first-order valence-corrected chi connectivity index (χ1v) is 12.2. The second kappa shape index (κ2) is 7.45. The summed E-state index contributed by atoms with van der Waals surface area (Å²) in [5.74, 6) is 0.650. The zero-order valence-corrected chi connectivity index (χ0v) is 16.9. The second-order valence-electron chi connectivity index (χ2n) is 5.88. The average molecular weight is 399 g/mol. The van der Waals surface area contributed by atoms with Crippen LogP contribution in [0.4, 0.5) is 0 Å². The zero-order valence-electron chi connectivity index (χ0n) is 13.0. The van der Waals surface area contributed by atoms with Crippen LogP contribution in [0, 0.1) is 13.8 Å². The molecular weight excluding hydrogens is 378 g/mol. The largest absolute Gasteiger partial charge is 1.00 e. The fourth-order valence-electron chi connectivity index (χ4n) is 3.54. The van der Waals surface area contributed by atoms with Crippen molar-refractivity contribution in [2.24, 2.45) is 0 Å². The molecule has 0 N–H and O–H groups in total. The van der Waals surface area contributed by atoms with E-state index in [1.165, 1.54) is 16.7 Å². The van der Waals surface area contributed by atoms with Crippen molar-refractivity contribution in [1.82, 2.24) is 0 Å². The Kier molecular flexibility index (Phi) is 6.72. The summed E-state index contributed by atoms with van der Waals surface area (Å²) in [6.45, 7) is 6.89. The van der Waals surface area contributed by atoms with E-state index in [0.29, 0.717) is 5.92 Å². The van der Waals surface area contributed by atoms with Gasteiger partial charge in [0, 0.05) is 0 Å². The van der Waals surface area contributed by atoms with Crippen molar-refractivity contribution < 1.29 is 46.6 Å². The standard InChI is InChI=1S/C12H13.C5H5.CH3.2ClH.Zr/c1-8-6-10(3)12-9(2)4-5-11(12)7-8;1-2-4-5-3-1;;;;/h5-7,9H,1-3H3;1-5H;1H3;2*1H;/q;;;;;+2/p-2.